The van der Waals surface area contributed by atoms with Crippen molar-refractivity contribution < 1.29 is 14.4 Å². The van der Waals surface area contributed by atoms with E-state index in [0.29, 0.717) is 17.5 Å². The molecule has 134 valence electrons. The summed E-state index contributed by atoms with van der Waals surface area (Å²) in [4.78, 5) is 36.9. The maximum Gasteiger partial charge on any atom is 0.193 e. The second-order valence-electron chi connectivity index (χ2n) is 6.73. The van der Waals surface area contributed by atoms with Crippen molar-refractivity contribution >= 4 is 29.0 Å². The lowest BCUT2D eigenvalue weighted by Crippen LogP contribution is -2.42. The molecular formula is C22H21ClO3. The molecule has 1 aliphatic rings. The molecule has 3 rings (SSSR count). The molecule has 0 heterocycles. The molecule has 0 spiro atoms. The Bertz CT molecular complexity index is 806. The van der Waals surface area contributed by atoms with Crippen molar-refractivity contribution in [2.75, 3.05) is 0 Å². The highest BCUT2D eigenvalue weighted by Gasteiger charge is 2.57. The summed E-state index contributed by atoms with van der Waals surface area (Å²) in [5, 5.41) is 0. The van der Waals surface area contributed by atoms with Crippen LogP contribution >= 0.6 is 11.6 Å². The zero-order chi connectivity index (χ0) is 18.7. The molecule has 0 amide bonds. The largest absolute Gasteiger partial charge is 0.300 e. The molecule has 2 aromatic rings. The fraction of sp³-hybridized carbons (Fsp3) is 0.318. The minimum absolute atomic E-state index is 0.0253. The first-order valence-corrected chi connectivity index (χ1v) is 9.32. The van der Waals surface area contributed by atoms with E-state index in [2.05, 4.69) is 0 Å². The van der Waals surface area contributed by atoms with Crippen molar-refractivity contribution in [1.82, 2.24) is 0 Å². The Morgan fingerprint density at radius 1 is 0.962 bits per heavy atom. The van der Waals surface area contributed by atoms with Gasteiger partial charge in [-0.3, -0.25) is 14.4 Å². The number of halogens is 1. The Morgan fingerprint density at radius 3 is 2.04 bits per heavy atom. The van der Waals surface area contributed by atoms with Gasteiger partial charge >= 0.3 is 0 Å². The number of carbonyl (C=O) groups excluding carboxylic acids is 3. The molecule has 1 aliphatic carbocycles. The second kappa shape index (κ2) is 7.55. The first-order valence-electron chi connectivity index (χ1n) is 8.94. The van der Waals surface area contributed by atoms with Gasteiger partial charge in [-0.25, -0.2) is 0 Å². The van der Waals surface area contributed by atoms with Gasteiger partial charge in [-0.1, -0.05) is 67.9 Å². The highest BCUT2D eigenvalue weighted by atomic mass is 35.5. The van der Waals surface area contributed by atoms with Gasteiger partial charge in [0.25, 0.3) is 0 Å². The molecule has 0 aromatic heterocycles. The van der Waals surface area contributed by atoms with Crippen LogP contribution in [0.1, 0.15) is 64.8 Å². The predicted octanol–water partition coefficient (Wildman–Crippen LogP) is 4.98. The van der Waals surface area contributed by atoms with Gasteiger partial charge in [0, 0.05) is 29.9 Å². The first-order chi connectivity index (χ1) is 12.5. The fourth-order valence-electron chi connectivity index (χ4n) is 3.57. The van der Waals surface area contributed by atoms with Gasteiger partial charge in [0.05, 0.1) is 0 Å². The fourth-order valence-corrected chi connectivity index (χ4v) is 3.97. The number of rotatable bonds is 7. The number of carbonyl (C=O) groups is 3. The Balaban J connectivity index is 2.03. The molecule has 0 bridgehead atoms. The molecule has 26 heavy (non-hydrogen) atoms. The standard InChI is InChI=1S/C22H21ClO3/c1-2-3-11-16(24)14-19(15-9-5-4-6-10-15)22(23)20(25)17-12-7-8-13-18(17)21(22)26/h4-10,12-13,19H,2-3,11,14H2,1H3/t19-/m0/s1. The van der Waals surface area contributed by atoms with E-state index in [4.69, 9.17) is 11.6 Å². The molecule has 0 unspecified atom stereocenters. The van der Waals surface area contributed by atoms with Crippen molar-refractivity contribution in [1.29, 1.82) is 0 Å². The number of Topliss-reactive ketones (excluding diaryl/α,β-unsaturated/α-hetero) is 3. The molecule has 0 fully saturated rings. The predicted molar refractivity (Wildman–Crippen MR) is 102 cm³/mol. The summed E-state index contributed by atoms with van der Waals surface area (Å²) in [6.45, 7) is 2.02. The lowest BCUT2D eigenvalue weighted by molar-refractivity contribution is -0.119. The normalized spacial score (nSPS) is 16.4. The third-order valence-corrected chi connectivity index (χ3v) is 5.61. The molecule has 2 aromatic carbocycles. The summed E-state index contributed by atoms with van der Waals surface area (Å²) >= 11 is 6.76. The Labute approximate surface area is 158 Å². The lowest BCUT2D eigenvalue weighted by atomic mass is 9.78. The summed E-state index contributed by atoms with van der Waals surface area (Å²) in [5.41, 5.74) is 1.42. The summed E-state index contributed by atoms with van der Waals surface area (Å²) < 4.78 is 0. The van der Waals surface area contributed by atoms with Crippen molar-refractivity contribution in [2.45, 2.75) is 43.4 Å². The highest BCUT2D eigenvalue weighted by molar-refractivity contribution is 6.55. The van der Waals surface area contributed by atoms with Crippen LogP contribution in [0.4, 0.5) is 0 Å². The first kappa shape index (κ1) is 18.5. The lowest BCUT2D eigenvalue weighted by Gasteiger charge is -2.29. The van der Waals surface area contributed by atoms with Crippen molar-refractivity contribution in [2.24, 2.45) is 0 Å². The number of hydrogen-bond donors (Lipinski definition) is 0. The zero-order valence-electron chi connectivity index (χ0n) is 14.7. The number of alkyl halides is 1. The van der Waals surface area contributed by atoms with Gasteiger partial charge in [-0.2, -0.15) is 0 Å². The monoisotopic (exact) mass is 368 g/mol. The molecule has 0 saturated heterocycles. The summed E-state index contributed by atoms with van der Waals surface area (Å²) in [7, 11) is 0. The van der Waals surface area contributed by atoms with E-state index < -0.39 is 22.4 Å². The van der Waals surface area contributed by atoms with Crippen LogP contribution in [-0.4, -0.2) is 22.2 Å². The molecule has 1 atom stereocenters. The third-order valence-electron chi connectivity index (χ3n) is 5.00. The highest BCUT2D eigenvalue weighted by Crippen LogP contribution is 2.46. The molecule has 0 N–H and O–H groups in total. The van der Waals surface area contributed by atoms with Crippen molar-refractivity contribution in [3.8, 4) is 0 Å². The van der Waals surface area contributed by atoms with Crippen LogP contribution in [0.15, 0.2) is 54.6 Å². The van der Waals surface area contributed by atoms with Gasteiger partial charge in [0.15, 0.2) is 16.4 Å². The van der Waals surface area contributed by atoms with Gasteiger partial charge in [0.2, 0.25) is 0 Å². The molecule has 4 heteroatoms. The van der Waals surface area contributed by atoms with Crippen molar-refractivity contribution in [3.63, 3.8) is 0 Å². The molecular weight excluding hydrogens is 348 g/mol. The van der Waals surface area contributed by atoms with Crippen LogP contribution in [0.3, 0.4) is 0 Å². The number of ketones is 3. The summed E-state index contributed by atoms with van der Waals surface area (Å²) in [6.07, 6.45) is 2.22. The van der Waals surface area contributed by atoms with Gasteiger partial charge in [-0.15, -0.1) is 11.6 Å². The zero-order valence-corrected chi connectivity index (χ0v) is 15.5. The number of fused-ring (bicyclic) bond motifs is 1. The molecule has 3 nitrogen and oxygen atoms in total. The van der Waals surface area contributed by atoms with E-state index in [1.165, 1.54) is 0 Å². The summed E-state index contributed by atoms with van der Waals surface area (Å²) in [5.74, 6) is -1.46. The third kappa shape index (κ3) is 3.12. The smallest absolute Gasteiger partial charge is 0.193 e. The molecule has 0 saturated carbocycles. The number of unbranched alkanes of at least 4 members (excludes halogenated alkanes) is 1. The maximum atomic E-state index is 13.1. The van der Waals surface area contributed by atoms with Crippen LogP contribution in [-0.2, 0) is 4.79 Å². The van der Waals surface area contributed by atoms with E-state index in [0.717, 1.165) is 18.4 Å². The van der Waals surface area contributed by atoms with Crippen LogP contribution in [0.25, 0.3) is 0 Å². The van der Waals surface area contributed by atoms with Gasteiger partial charge in [-0.05, 0) is 12.0 Å². The van der Waals surface area contributed by atoms with E-state index in [9.17, 15) is 14.4 Å². The topological polar surface area (TPSA) is 51.2 Å². The van der Waals surface area contributed by atoms with Crippen LogP contribution in [0.2, 0.25) is 0 Å². The average Bonchev–Trinajstić information content (AvgIpc) is 2.87. The molecule has 0 radical (unpaired) electrons. The van der Waals surface area contributed by atoms with Crippen molar-refractivity contribution in [3.05, 3.63) is 71.3 Å². The number of hydrogen-bond acceptors (Lipinski definition) is 3. The average molecular weight is 369 g/mol. The van der Waals surface area contributed by atoms with Crippen LogP contribution in [0.5, 0.6) is 0 Å². The van der Waals surface area contributed by atoms with E-state index in [1.807, 2.05) is 37.3 Å². The van der Waals surface area contributed by atoms with E-state index in [-0.39, 0.29) is 12.2 Å². The van der Waals surface area contributed by atoms with Gasteiger partial charge in [0.1, 0.15) is 5.78 Å². The Hall–Kier alpha value is -2.26. The molecule has 0 aliphatic heterocycles. The van der Waals surface area contributed by atoms with Crippen LogP contribution < -0.4 is 0 Å². The minimum Gasteiger partial charge on any atom is -0.300 e. The minimum atomic E-state index is -1.76. The maximum absolute atomic E-state index is 13.1. The number of benzene rings is 2. The van der Waals surface area contributed by atoms with Crippen LogP contribution in [0, 0.1) is 0 Å². The van der Waals surface area contributed by atoms with Gasteiger partial charge < -0.3 is 0 Å². The Morgan fingerprint density at radius 2 is 1.50 bits per heavy atom. The second-order valence-corrected chi connectivity index (χ2v) is 7.32. The quantitative estimate of drug-likeness (QED) is 0.511. The SMILES string of the molecule is CCCCC(=O)C[C@@H](c1ccccc1)C1(Cl)C(=O)c2ccccc2C1=O. The summed E-state index contributed by atoms with van der Waals surface area (Å²) in [6, 6.07) is 15.9. The Kier molecular flexibility index (Phi) is 5.38. The van der Waals surface area contributed by atoms with E-state index in [1.54, 1.807) is 24.3 Å². The van der Waals surface area contributed by atoms with E-state index >= 15 is 0 Å².